The Morgan fingerprint density at radius 1 is 1.09 bits per heavy atom. The maximum atomic E-state index is 5.49. The lowest BCUT2D eigenvalue weighted by molar-refractivity contribution is 0.255. The third-order valence-electron chi connectivity index (χ3n) is 4.62. The van der Waals surface area contributed by atoms with Gasteiger partial charge in [-0.25, -0.2) is 9.97 Å². The fourth-order valence-electron chi connectivity index (χ4n) is 3.38. The fraction of sp³-hybridized carbons (Fsp3) is 0.529. The first-order chi connectivity index (χ1) is 11.4. The van der Waals surface area contributed by atoms with Crippen molar-refractivity contribution >= 4 is 17.6 Å². The van der Waals surface area contributed by atoms with E-state index in [-0.39, 0.29) is 0 Å². The summed E-state index contributed by atoms with van der Waals surface area (Å²) in [6.07, 6.45) is 5.52. The largest absolute Gasteiger partial charge is 0.468 e. The third kappa shape index (κ3) is 3.38. The van der Waals surface area contributed by atoms with E-state index >= 15 is 0 Å². The summed E-state index contributed by atoms with van der Waals surface area (Å²) in [7, 11) is 0. The molecule has 0 N–H and O–H groups in total. The van der Waals surface area contributed by atoms with Gasteiger partial charge in [-0.2, -0.15) is 11.8 Å². The number of hydrogen-bond donors (Lipinski definition) is 0. The van der Waals surface area contributed by atoms with Crippen molar-refractivity contribution in [3.05, 3.63) is 41.7 Å². The van der Waals surface area contributed by atoms with Crippen LogP contribution in [-0.2, 0) is 19.4 Å². The molecule has 4 heterocycles. The van der Waals surface area contributed by atoms with E-state index in [0.29, 0.717) is 0 Å². The van der Waals surface area contributed by atoms with Crippen LogP contribution in [0.2, 0.25) is 0 Å². The normalized spacial score (nSPS) is 19.4. The summed E-state index contributed by atoms with van der Waals surface area (Å²) in [6, 6.07) is 4.01. The van der Waals surface area contributed by atoms with Crippen LogP contribution in [0, 0.1) is 0 Å². The van der Waals surface area contributed by atoms with E-state index in [4.69, 9.17) is 4.42 Å². The molecule has 0 spiro atoms. The predicted molar refractivity (Wildman–Crippen MR) is 93.0 cm³/mol. The van der Waals surface area contributed by atoms with Crippen LogP contribution in [0.5, 0.6) is 0 Å². The van der Waals surface area contributed by atoms with E-state index in [1.807, 2.05) is 17.8 Å². The molecule has 0 unspecified atom stereocenters. The van der Waals surface area contributed by atoms with Gasteiger partial charge in [0, 0.05) is 49.7 Å². The zero-order valence-corrected chi connectivity index (χ0v) is 14.1. The second-order valence-corrected chi connectivity index (χ2v) is 7.30. The quantitative estimate of drug-likeness (QED) is 0.860. The number of anilines is 1. The highest BCUT2D eigenvalue weighted by Crippen LogP contribution is 2.26. The lowest BCUT2D eigenvalue weighted by Gasteiger charge is -2.29. The Balaban J connectivity index is 1.51. The van der Waals surface area contributed by atoms with Gasteiger partial charge in [-0.1, -0.05) is 0 Å². The van der Waals surface area contributed by atoms with E-state index < -0.39 is 0 Å². The molecule has 4 rings (SSSR count). The summed E-state index contributed by atoms with van der Waals surface area (Å²) >= 11 is 2.03. The predicted octanol–water partition coefficient (Wildman–Crippen LogP) is 2.22. The number of rotatable bonds is 3. The molecule has 6 heteroatoms. The van der Waals surface area contributed by atoms with Gasteiger partial charge in [-0.15, -0.1) is 0 Å². The molecule has 2 aromatic heterocycles. The second-order valence-electron chi connectivity index (χ2n) is 6.08. The van der Waals surface area contributed by atoms with Gasteiger partial charge in [-0.05, 0) is 18.6 Å². The van der Waals surface area contributed by atoms with Crippen molar-refractivity contribution in [2.45, 2.75) is 19.4 Å². The summed E-state index contributed by atoms with van der Waals surface area (Å²) in [6.45, 7) is 5.15. The van der Waals surface area contributed by atoms with Crippen LogP contribution >= 0.6 is 11.8 Å². The van der Waals surface area contributed by atoms with Gasteiger partial charge in [-0.3, -0.25) is 4.90 Å². The summed E-state index contributed by atoms with van der Waals surface area (Å²) in [4.78, 5) is 14.1. The molecule has 23 heavy (non-hydrogen) atoms. The monoisotopic (exact) mass is 330 g/mol. The maximum absolute atomic E-state index is 5.49. The van der Waals surface area contributed by atoms with Crippen LogP contribution in [0.1, 0.15) is 17.0 Å². The smallest absolute Gasteiger partial charge is 0.135 e. The van der Waals surface area contributed by atoms with Crippen molar-refractivity contribution in [1.29, 1.82) is 0 Å². The molecular formula is C17H22N4OS. The van der Waals surface area contributed by atoms with E-state index in [0.717, 1.165) is 51.3 Å². The van der Waals surface area contributed by atoms with E-state index in [2.05, 4.69) is 25.8 Å². The molecule has 0 bridgehead atoms. The molecule has 1 fully saturated rings. The molecule has 1 saturated heterocycles. The molecule has 0 amide bonds. The van der Waals surface area contributed by atoms with Crippen LogP contribution in [-0.4, -0.2) is 52.6 Å². The Bertz CT molecular complexity index is 640. The first-order valence-corrected chi connectivity index (χ1v) is 9.46. The molecule has 0 atom stereocenters. The topological polar surface area (TPSA) is 45.4 Å². The Morgan fingerprint density at radius 2 is 1.96 bits per heavy atom. The van der Waals surface area contributed by atoms with Crippen LogP contribution < -0.4 is 4.90 Å². The Kier molecular flexibility index (Phi) is 4.52. The molecule has 122 valence electrons. The van der Waals surface area contributed by atoms with Gasteiger partial charge >= 0.3 is 0 Å². The van der Waals surface area contributed by atoms with Crippen molar-refractivity contribution < 1.29 is 4.42 Å². The first-order valence-electron chi connectivity index (χ1n) is 8.30. The highest BCUT2D eigenvalue weighted by atomic mass is 32.2. The molecular weight excluding hydrogens is 308 g/mol. The second kappa shape index (κ2) is 6.93. The van der Waals surface area contributed by atoms with Crippen molar-refractivity contribution in [2.24, 2.45) is 0 Å². The Labute approximate surface area is 141 Å². The minimum absolute atomic E-state index is 0.879. The first kappa shape index (κ1) is 15.0. The molecule has 2 aliphatic heterocycles. The molecule has 0 saturated carbocycles. The summed E-state index contributed by atoms with van der Waals surface area (Å²) in [5, 5.41) is 0. The van der Waals surface area contributed by atoms with Gasteiger partial charge in [0.25, 0.3) is 0 Å². The molecule has 0 aromatic carbocycles. The van der Waals surface area contributed by atoms with Gasteiger partial charge in [0.15, 0.2) is 0 Å². The van der Waals surface area contributed by atoms with Crippen molar-refractivity contribution in [2.75, 3.05) is 42.6 Å². The lowest BCUT2D eigenvalue weighted by atomic mass is 10.1. The van der Waals surface area contributed by atoms with Crippen LogP contribution in [0.25, 0.3) is 0 Å². The van der Waals surface area contributed by atoms with Crippen molar-refractivity contribution in [1.82, 2.24) is 14.9 Å². The van der Waals surface area contributed by atoms with E-state index in [1.54, 1.807) is 12.6 Å². The minimum Gasteiger partial charge on any atom is -0.468 e. The number of thioether (sulfide) groups is 1. The number of furan rings is 1. The van der Waals surface area contributed by atoms with Crippen LogP contribution in [0.4, 0.5) is 5.82 Å². The SMILES string of the molecule is c1coc(CN2CCc3ncnc(N4CCSCC4)c3CC2)c1. The molecule has 5 nitrogen and oxygen atoms in total. The molecule has 2 aromatic rings. The van der Waals surface area contributed by atoms with Crippen LogP contribution in [0.3, 0.4) is 0 Å². The van der Waals surface area contributed by atoms with Gasteiger partial charge in [0.1, 0.15) is 17.9 Å². The number of nitrogens with zero attached hydrogens (tertiary/aromatic N) is 4. The maximum Gasteiger partial charge on any atom is 0.135 e. The highest BCUT2D eigenvalue weighted by Gasteiger charge is 2.22. The zero-order chi connectivity index (χ0) is 15.5. The number of aromatic nitrogens is 2. The Morgan fingerprint density at radius 3 is 2.78 bits per heavy atom. The van der Waals surface area contributed by atoms with Gasteiger partial charge < -0.3 is 9.32 Å². The van der Waals surface area contributed by atoms with Crippen LogP contribution in [0.15, 0.2) is 29.1 Å². The zero-order valence-electron chi connectivity index (χ0n) is 13.3. The summed E-state index contributed by atoms with van der Waals surface area (Å²) in [5.41, 5.74) is 2.59. The highest BCUT2D eigenvalue weighted by molar-refractivity contribution is 7.99. The minimum atomic E-state index is 0.879. The number of hydrogen-bond acceptors (Lipinski definition) is 6. The fourth-order valence-corrected chi connectivity index (χ4v) is 4.29. The standard InChI is InChI=1S/C17H22N4OS/c1-2-14(22-9-1)12-20-5-3-15-16(4-6-20)18-13-19-17(15)21-7-10-23-11-8-21/h1-2,9,13H,3-8,10-12H2. The summed E-state index contributed by atoms with van der Waals surface area (Å²) < 4.78 is 5.49. The third-order valence-corrected chi connectivity index (χ3v) is 5.57. The van der Waals surface area contributed by atoms with Crippen molar-refractivity contribution in [3.63, 3.8) is 0 Å². The average Bonchev–Trinajstić information content (AvgIpc) is 3.02. The number of fused-ring (bicyclic) bond motifs is 1. The van der Waals surface area contributed by atoms with Crippen molar-refractivity contribution in [3.8, 4) is 0 Å². The van der Waals surface area contributed by atoms with E-state index in [9.17, 15) is 0 Å². The molecule has 0 aliphatic carbocycles. The summed E-state index contributed by atoms with van der Waals surface area (Å²) in [5.74, 6) is 4.61. The lowest BCUT2D eigenvalue weighted by Crippen LogP contribution is -2.34. The molecule has 2 aliphatic rings. The average molecular weight is 330 g/mol. The van der Waals surface area contributed by atoms with Gasteiger partial charge in [0.05, 0.1) is 18.5 Å². The Hall–Kier alpha value is -1.53. The van der Waals surface area contributed by atoms with E-state index in [1.165, 1.54) is 28.6 Å². The molecule has 0 radical (unpaired) electrons. The van der Waals surface area contributed by atoms with Gasteiger partial charge in [0.2, 0.25) is 0 Å².